The number of rotatable bonds is 5. The molecule has 0 unspecified atom stereocenters. The van der Waals surface area contributed by atoms with Crippen LogP contribution in [0.4, 0.5) is 0 Å². The van der Waals surface area contributed by atoms with Gasteiger partial charge < -0.3 is 4.74 Å². The number of nitrogens with zero attached hydrogens (tertiary/aromatic N) is 6. The van der Waals surface area contributed by atoms with Gasteiger partial charge in [0.05, 0.1) is 17.4 Å². The summed E-state index contributed by atoms with van der Waals surface area (Å²) in [7, 11) is 0. The minimum atomic E-state index is -0.456. The van der Waals surface area contributed by atoms with Gasteiger partial charge in [-0.3, -0.25) is 4.57 Å². The maximum absolute atomic E-state index is 12.3. The molecule has 128 valence electrons. The number of benzene rings is 1. The summed E-state index contributed by atoms with van der Waals surface area (Å²) >= 11 is 0. The van der Waals surface area contributed by atoms with Crippen LogP contribution in [0.15, 0.2) is 73.6 Å². The summed E-state index contributed by atoms with van der Waals surface area (Å²) in [6.07, 6.45) is 8.13. The van der Waals surface area contributed by atoms with E-state index in [1.54, 1.807) is 47.8 Å². The molecule has 0 atom stereocenters. The van der Waals surface area contributed by atoms with Gasteiger partial charge in [-0.2, -0.15) is 9.90 Å². The molecule has 0 fully saturated rings. The van der Waals surface area contributed by atoms with E-state index in [-0.39, 0.29) is 6.61 Å². The first kappa shape index (κ1) is 15.7. The highest BCUT2D eigenvalue weighted by molar-refractivity contribution is 5.89. The zero-order valence-electron chi connectivity index (χ0n) is 13.6. The maximum Gasteiger partial charge on any atom is 0.338 e. The smallest absolute Gasteiger partial charge is 0.338 e. The normalized spacial score (nSPS) is 10.6. The van der Waals surface area contributed by atoms with Crippen molar-refractivity contribution in [3.8, 4) is 11.5 Å². The minimum Gasteiger partial charge on any atom is -0.455 e. The van der Waals surface area contributed by atoms with E-state index in [9.17, 15) is 4.79 Å². The number of esters is 1. The second kappa shape index (κ2) is 6.98. The average molecular weight is 346 g/mol. The van der Waals surface area contributed by atoms with E-state index < -0.39 is 5.97 Å². The molecule has 0 amide bonds. The minimum absolute atomic E-state index is 0.0361. The van der Waals surface area contributed by atoms with Gasteiger partial charge in [-0.25, -0.2) is 14.8 Å². The van der Waals surface area contributed by atoms with Crippen LogP contribution in [0.2, 0.25) is 0 Å². The van der Waals surface area contributed by atoms with Gasteiger partial charge in [0, 0.05) is 18.6 Å². The molecule has 0 radical (unpaired) electrons. The third kappa shape index (κ3) is 3.34. The molecule has 0 aliphatic heterocycles. The molecule has 4 aromatic rings. The average Bonchev–Trinajstić information content (AvgIpc) is 3.39. The Balaban J connectivity index is 1.43. The topological polar surface area (TPSA) is 87.7 Å². The summed E-state index contributed by atoms with van der Waals surface area (Å²) in [6.45, 7) is 0.0361. The van der Waals surface area contributed by atoms with Gasteiger partial charge in [0.2, 0.25) is 0 Å². The lowest BCUT2D eigenvalue weighted by molar-refractivity contribution is 0.0467. The summed E-state index contributed by atoms with van der Waals surface area (Å²) in [5.74, 6) is 0.134. The molecule has 3 aromatic heterocycles. The predicted molar refractivity (Wildman–Crippen MR) is 91.8 cm³/mol. The molecule has 26 heavy (non-hydrogen) atoms. The van der Waals surface area contributed by atoms with Crippen molar-refractivity contribution < 1.29 is 9.53 Å². The largest absolute Gasteiger partial charge is 0.455 e. The first-order valence-electron chi connectivity index (χ1n) is 7.88. The van der Waals surface area contributed by atoms with Gasteiger partial charge in [0.15, 0.2) is 0 Å². The van der Waals surface area contributed by atoms with Gasteiger partial charge in [-0.15, -0.1) is 5.10 Å². The van der Waals surface area contributed by atoms with E-state index in [1.807, 2.05) is 30.3 Å². The molecule has 0 saturated heterocycles. The van der Waals surface area contributed by atoms with Crippen molar-refractivity contribution in [2.75, 3.05) is 0 Å². The summed E-state index contributed by atoms with van der Waals surface area (Å²) < 4.78 is 7.04. The fourth-order valence-electron chi connectivity index (χ4n) is 2.35. The third-order valence-electron chi connectivity index (χ3n) is 3.63. The van der Waals surface area contributed by atoms with E-state index >= 15 is 0 Å². The van der Waals surface area contributed by atoms with Crippen LogP contribution >= 0.6 is 0 Å². The lowest BCUT2D eigenvalue weighted by atomic mass is 10.2. The first-order chi connectivity index (χ1) is 12.8. The van der Waals surface area contributed by atoms with Crippen LogP contribution in [0, 0.1) is 0 Å². The quantitative estimate of drug-likeness (QED) is 0.515. The highest BCUT2D eigenvalue weighted by atomic mass is 16.5. The molecule has 0 aliphatic carbocycles. The van der Waals surface area contributed by atoms with Gasteiger partial charge >= 0.3 is 5.97 Å². The van der Waals surface area contributed by atoms with Crippen molar-refractivity contribution in [1.29, 1.82) is 0 Å². The summed E-state index contributed by atoms with van der Waals surface area (Å²) in [5.41, 5.74) is 1.80. The Kier molecular flexibility index (Phi) is 4.21. The van der Waals surface area contributed by atoms with E-state index in [1.165, 1.54) is 4.80 Å². The van der Waals surface area contributed by atoms with Crippen LogP contribution < -0.4 is 0 Å². The molecule has 0 spiro atoms. The van der Waals surface area contributed by atoms with Crippen molar-refractivity contribution in [2.24, 2.45) is 0 Å². The summed E-state index contributed by atoms with van der Waals surface area (Å²) in [5, 5.41) is 8.49. The number of carbonyl (C=O) groups excluding carboxylic acids is 1. The predicted octanol–water partition coefficient (Wildman–Crippen LogP) is 2.21. The lowest BCUT2D eigenvalue weighted by Gasteiger charge is -2.05. The van der Waals surface area contributed by atoms with Crippen molar-refractivity contribution in [3.05, 3.63) is 84.8 Å². The zero-order chi connectivity index (χ0) is 17.8. The zero-order valence-corrected chi connectivity index (χ0v) is 13.6. The fourth-order valence-corrected chi connectivity index (χ4v) is 2.35. The number of para-hydroxylation sites is 1. The lowest BCUT2D eigenvalue weighted by Crippen LogP contribution is -2.07. The standard InChI is InChI=1S/C18H14N6O2/c25-18(14-6-7-20-17(10-14)23-9-8-19-13-23)26-12-15-11-21-24(22-15)16-4-2-1-3-5-16/h1-11,13H,12H2. The van der Waals surface area contributed by atoms with E-state index in [0.717, 1.165) is 5.69 Å². The second-order valence-corrected chi connectivity index (χ2v) is 5.41. The van der Waals surface area contributed by atoms with Crippen LogP contribution in [0.5, 0.6) is 0 Å². The molecule has 8 nitrogen and oxygen atoms in total. The Labute approximate surface area is 148 Å². The van der Waals surface area contributed by atoms with Crippen molar-refractivity contribution >= 4 is 5.97 Å². The number of hydrogen-bond acceptors (Lipinski definition) is 6. The van der Waals surface area contributed by atoms with Gasteiger partial charge in [-0.05, 0) is 24.3 Å². The number of pyridine rings is 1. The first-order valence-corrected chi connectivity index (χ1v) is 7.88. The van der Waals surface area contributed by atoms with E-state index in [4.69, 9.17) is 4.74 Å². The van der Waals surface area contributed by atoms with Crippen molar-refractivity contribution in [1.82, 2.24) is 29.5 Å². The SMILES string of the molecule is O=C(OCc1cnn(-c2ccccc2)n1)c1ccnc(-n2ccnc2)c1. The molecule has 0 N–H and O–H groups in total. The molecule has 0 saturated carbocycles. The number of aromatic nitrogens is 6. The second-order valence-electron chi connectivity index (χ2n) is 5.41. The van der Waals surface area contributed by atoms with Crippen LogP contribution in [0.3, 0.4) is 0 Å². The summed E-state index contributed by atoms with van der Waals surface area (Å²) in [4.78, 5) is 22.0. The monoisotopic (exact) mass is 346 g/mol. The Hall–Kier alpha value is -3.81. The van der Waals surface area contributed by atoms with Crippen molar-refractivity contribution in [2.45, 2.75) is 6.61 Å². The molecule has 0 aliphatic rings. The summed E-state index contributed by atoms with van der Waals surface area (Å²) in [6, 6.07) is 12.8. The molecule has 3 heterocycles. The molecular weight excluding hydrogens is 332 g/mol. The molecular formula is C18H14N6O2. The van der Waals surface area contributed by atoms with Crippen LogP contribution in [-0.2, 0) is 11.3 Å². The Morgan fingerprint density at radius 3 is 2.81 bits per heavy atom. The van der Waals surface area contributed by atoms with E-state index in [2.05, 4.69) is 20.2 Å². The molecule has 8 heteroatoms. The van der Waals surface area contributed by atoms with E-state index in [0.29, 0.717) is 17.1 Å². The Morgan fingerprint density at radius 2 is 2.00 bits per heavy atom. The number of ether oxygens (including phenoxy) is 1. The third-order valence-corrected chi connectivity index (χ3v) is 3.63. The fraction of sp³-hybridized carbons (Fsp3) is 0.0556. The van der Waals surface area contributed by atoms with Gasteiger partial charge in [-0.1, -0.05) is 18.2 Å². The van der Waals surface area contributed by atoms with Gasteiger partial charge in [0.1, 0.15) is 24.4 Å². The van der Waals surface area contributed by atoms with Crippen LogP contribution in [0.25, 0.3) is 11.5 Å². The number of hydrogen-bond donors (Lipinski definition) is 0. The number of carbonyl (C=O) groups is 1. The Bertz CT molecular complexity index is 1010. The number of imidazole rings is 1. The Morgan fingerprint density at radius 1 is 1.12 bits per heavy atom. The molecule has 0 bridgehead atoms. The van der Waals surface area contributed by atoms with Gasteiger partial charge in [0.25, 0.3) is 0 Å². The highest BCUT2D eigenvalue weighted by Crippen LogP contribution is 2.10. The van der Waals surface area contributed by atoms with Crippen LogP contribution in [0.1, 0.15) is 16.1 Å². The molecule has 4 rings (SSSR count). The van der Waals surface area contributed by atoms with Crippen molar-refractivity contribution in [3.63, 3.8) is 0 Å². The van der Waals surface area contributed by atoms with Crippen LogP contribution in [-0.4, -0.2) is 35.5 Å². The highest BCUT2D eigenvalue weighted by Gasteiger charge is 2.11. The molecule has 1 aromatic carbocycles. The maximum atomic E-state index is 12.3.